The summed E-state index contributed by atoms with van der Waals surface area (Å²) in [6, 6.07) is 20.6. The van der Waals surface area contributed by atoms with Crippen LogP contribution >= 0.6 is 11.3 Å². The number of rotatable bonds is 18. The number of carbonyl (C=O) groups excluding carboxylic acids is 5. The van der Waals surface area contributed by atoms with E-state index in [0.717, 1.165) is 22.2 Å². The quantitative estimate of drug-likeness (QED) is 0.0129. The van der Waals surface area contributed by atoms with Gasteiger partial charge in [0.25, 0.3) is 17.9 Å². The van der Waals surface area contributed by atoms with Crippen LogP contribution in [0.15, 0.2) is 95.6 Å². The lowest BCUT2D eigenvalue weighted by molar-refractivity contribution is -0.751. The Labute approximate surface area is 402 Å². The fraction of sp³-hybridized carbons (Fsp3) is 0.391. The molecule has 0 bridgehead atoms. The number of amides is 4. The molecule has 6 rings (SSSR count). The monoisotopic (exact) mass is 991 g/mol. The SMILES string of the molecule is C[C@H]1[C@H](NC(=O)/C(=N\OC(COc2ccc3c(c2)c[n+](C)n3CCCNC(=O)OC(C)(C)C)C(=O)OC(c2ccccc2)c2ccccc2)c2csc(NC(=O)OC(C)(C)C)n2)C(=O)N1S(=O)(=O)O. The minimum Gasteiger partial charge on any atom is -0.489 e. The number of aryl methyl sites for hydroxylation is 2. The van der Waals surface area contributed by atoms with Crippen molar-refractivity contribution in [3.05, 3.63) is 107 Å². The number of fused-ring (bicyclic) bond motifs is 1. The van der Waals surface area contributed by atoms with Gasteiger partial charge >= 0.3 is 28.5 Å². The number of ether oxygens (including phenoxy) is 4. The van der Waals surface area contributed by atoms with Crippen LogP contribution in [-0.4, -0.2) is 105 Å². The zero-order chi connectivity index (χ0) is 50.3. The third-order valence-electron chi connectivity index (χ3n) is 10.0. The van der Waals surface area contributed by atoms with E-state index in [1.807, 2.05) is 40.8 Å². The molecule has 1 saturated heterocycles. The predicted octanol–water partition coefficient (Wildman–Crippen LogP) is 5.20. The number of β-lactam (4-membered cyclic amide) rings is 1. The zero-order valence-corrected chi connectivity index (χ0v) is 40.8. The lowest BCUT2D eigenvalue weighted by Crippen LogP contribution is -2.71. The number of nitrogens with one attached hydrogen (secondary N) is 3. The summed E-state index contributed by atoms with van der Waals surface area (Å²) in [7, 11) is -3.06. The topological polar surface area (TPSA) is 259 Å². The van der Waals surface area contributed by atoms with Gasteiger partial charge in [-0.25, -0.2) is 23.7 Å². The van der Waals surface area contributed by atoms with Gasteiger partial charge in [-0.2, -0.15) is 13.1 Å². The second-order valence-corrected chi connectivity index (χ2v) is 19.9. The zero-order valence-electron chi connectivity index (χ0n) is 39.2. The Morgan fingerprint density at radius 1 is 0.928 bits per heavy atom. The van der Waals surface area contributed by atoms with Gasteiger partial charge in [0.05, 0.1) is 18.0 Å². The Balaban J connectivity index is 1.29. The molecule has 21 nitrogen and oxygen atoms in total. The highest BCUT2D eigenvalue weighted by Crippen LogP contribution is 2.28. The Hall–Kier alpha value is -7.11. The van der Waals surface area contributed by atoms with Crippen molar-refractivity contribution in [2.24, 2.45) is 12.2 Å². The fourth-order valence-electron chi connectivity index (χ4n) is 6.97. The molecule has 0 saturated carbocycles. The summed E-state index contributed by atoms with van der Waals surface area (Å²) in [4.78, 5) is 76.1. The van der Waals surface area contributed by atoms with Gasteiger partial charge in [-0.05, 0) is 84.2 Å². The van der Waals surface area contributed by atoms with E-state index in [9.17, 15) is 36.9 Å². The highest BCUT2D eigenvalue weighted by molar-refractivity contribution is 7.84. The summed E-state index contributed by atoms with van der Waals surface area (Å²) in [6.45, 7) is 12.1. The number of benzene rings is 3. The van der Waals surface area contributed by atoms with Crippen LogP contribution < -0.4 is 25.4 Å². The smallest absolute Gasteiger partial charge is 0.413 e. The lowest BCUT2D eigenvalue weighted by Gasteiger charge is -2.42. The van der Waals surface area contributed by atoms with Gasteiger partial charge in [0.1, 0.15) is 40.8 Å². The molecule has 4 N–H and O–H groups in total. The molecule has 3 aromatic carbocycles. The molecule has 4 amide bonds. The maximum atomic E-state index is 14.4. The van der Waals surface area contributed by atoms with Crippen LogP contribution in [0.2, 0.25) is 0 Å². The number of oxime groups is 1. The normalized spacial score (nSPS) is 15.8. The van der Waals surface area contributed by atoms with Crippen LogP contribution in [-0.2, 0) is 57.3 Å². The Morgan fingerprint density at radius 3 is 2.14 bits per heavy atom. The van der Waals surface area contributed by atoms with Crippen molar-refractivity contribution in [3.63, 3.8) is 0 Å². The molecule has 1 fully saturated rings. The van der Waals surface area contributed by atoms with Crippen LogP contribution in [0.1, 0.15) is 77.8 Å². The Morgan fingerprint density at radius 2 is 1.55 bits per heavy atom. The molecular weight excluding hydrogens is 937 g/mol. The molecule has 69 heavy (non-hydrogen) atoms. The standard InChI is InChI=1S/C46H54N8O13S2/c1-28-36(40(56)54(28)69(60,61)62)49-39(55)37(33-27-68-42(48-33)50-44(59)66-46(5,6)7)51-67-35(41(57)64-38(29-16-11-9-12-17-29)30-18-13-10-14-19-30)26-63-32-20-21-34-31(24-32)25-52(8)53(34)23-15-22-47-43(58)65-45(2,3)4/h9-14,16-21,24-25,27-28,35-36,38H,15,22-23,26H2,1-8H3,(H3-,47,48,49,50,55,58,59,60,61,62)/p+1/b51-37-/t28-,35?,36-/m0/s1. The van der Waals surface area contributed by atoms with E-state index in [1.165, 1.54) is 12.3 Å². The van der Waals surface area contributed by atoms with Crippen LogP contribution in [0.3, 0.4) is 0 Å². The number of alkyl carbamates (subject to hydrolysis) is 1. The Bertz CT molecular complexity index is 2770. The first-order valence-corrected chi connectivity index (χ1v) is 24.0. The number of aromatic nitrogens is 3. The number of esters is 1. The van der Waals surface area contributed by atoms with E-state index in [1.54, 1.807) is 102 Å². The predicted molar refractivity (Wildman–Crippen MR) is 251 cm³/mol. The molecule has 23 heteroatoms. The van der Waals surface area contributed by atoms with E-state index in [4.69, 9.17) is 23.8 Å². The minimum atomic E-state index is -4.93. The van der Waals surface area contributed by atoms with Crippen molar-refractivity contribution in [2.75, 3.05) is 18.5 Å². The minimum absolute atomic E-state index is 0.0201. The van der Waals surface area contributed by atoms with E-state index >= 15 is 0 Å². The van der Waals surface area contributed by atoms with Crippen molar-refractivity contribution >= 4 is 73.4 Å². The average Bonchev–Trinajstić information content (AvgIpc) is 3.85. The summed E-state index contributed by atoms with van der Waals surface area (Å²) in [5.41, 5.74) is -0.124. The van der Waals surface area contributed by atoms with Crippen molar-refractivity contribution < 1.29 is 65.4 Å². The van der Waals surface area contributed by atoms with E-state index in [-0.39, 0.29) is 15.1 Å². The van der Waals surface area contributed by atoms with Gasteiger partial charge in [-0.1, -0.05) is 65.8 Å². The molecule has 3 heterocycles. The van der Waals surface area contributed by atoms with Gasteiger partial charge in [0.2, 0.25) is 6.20 Å². The largest absolute Gasteiger partial charge is 0.489 e. The molecule has 0 aliphatic carbocycles. The van der Waals surface area contributed by atoms with Gasteiger partial charge in [0.15, 0.2) is 24.0 Å². The van der Waals surface area contributed by atoms with Crippen LogP contribution in [0.5, 0.6) is 5.75 Å². The second-order valence-electron chi connectivity index (χ2n) is 17.8. The average molecular weight is 992 g/mol. The maximum absolute atomic E-state index is 14.4. The highest BCUT2D eigenvalue weighted by Gasteiger charge is 2.51. The highest BCUT2D eigenvalue weighted by atomic mass is 32.2. The van der Waals surface area contributed by atoms with Crippen molar-refractivity contribution in [1.29, 1.82) is 0 Å². The molecule has 1 aliphatic rings. The van der Waals surface area contributed by atoms with Crippen LogP contribution in [0.4, 0.5) is 14.7 Å². The lowest BCUT2D eigenvalue weighted by atomic mass is 10.0. The number of thiazole rings is 1. The number of hydrogen-bond donors (Lipinski definition) is 4. The molecule has 0 spiro atoms. The third-order valence-corrected chi connectivity index (χ3v) is 11.8. The summed E-state index contributed by atoms with van der Waals surface area (Å²) >= 11 is 0.888. The second kappa shape index (κ2) is 21.5. The molecule has 0 radical (unpaired) electrons. The first kappa shape index (κ1) is 51.3. The molecular formula is C46H55N8O13S2+. The van der Waals surface area contributed by atoms with Gasteiger partial charge in [-0.15, -0.1) is 16.0 Å². The number of anilines is 1. The molecule has 5 aromatic rings. The van der Waals surface area contributed by atoms with Crippen LogP contribution in [0.25, 0.3) is 10.9 Å². The molecule has 3 atom stereocenters. The molecule has 2 aromatic heterocycles. The number of carbonyl (C=O) groups is 5. The number of hydrogen-bond acceptors (Lipinski definition) is 15. The third kappa shape index (κ3) is 13.8. The first-order chi connectivity index (χ1) is 32.5. The molecule has 368 valence electrons. The fourth-order valence-corrected chi connectivity index (χ4v) is 8.53. The summed E-state index contributed by atoms with van der Waals surface area (Å²) in [5.74, 6) is -2.83. The first-order valence-electron chi connectivity index (χ1n) is 21.7. The molecule has 1 unspecified atom stereocenters. The molecule has 1 aliphatic heterocycles. The van der Waals surface area contributed by atoms with Gasteiger partial charge < -0.3 is 34.4 Å². The number of nitrogens with zero attached hydrogens (tertiary/aromatic N) is 5. The summed E-state index contributed by atoms with van der Waals surface area (Å²) in [6.07, 6.45) is -1.46. The summed E-state index contributed by atoms with van der Waals surface area (Å²) in [5, 5.41) is 13.8. The van der Waals surface area contributed by atoms with E-state index in [0.29, 0.717) is 36.4 Å². The van der Waals surface area contributed by atoms with Gasteiger partial charge in [-0.3, -0.25) is 19.5 Å². The Kier molecular flexibility index (Phi) is 15.9. The van der Waals surface area contributed by atoms with E-state index < -0.39 is 88.1 Å². The van der Waals surface area contributed by atoms with E-state index in [2.05, 4.69) is 26.1 Å². The van der Waals surface area contributed by atoms with Crippen LogP contribution in [0, 0.1) is 0 Å². The summed E-state index contributed by atoms with van der Waals surface area (Å²) < 4.78 is 60.2. The maximum Gasteiger partial charge on any atom is 0.413 e. The van der Waals surface area contributed by atoms with Crippen molar-refractivity contribution in [2.45, 2.75) is 96.9 Å². The van der Waals surface area contributed by atoms with Crippen molar-refractivity contribution in [3.8, 4) is 5.75 Å². The van der Waals surface area contributed by atoms with Crippen molar-refractivity contribution in [1.82, 2.24) is 24.6 Å². The van der Waals surface area contributed by atoms with Gasteiger partial charge in [0, 0.05) is 11.9 Å².